The van der Waals surface area contributed by atoms with Crippen LogP contribution in [0.3, 0.4) is 0 Å². The molecule has 4 unspecified atom stereocenters. The van der Waals surface area contributed by atoms with Crippen LogP contribution < -0.4 is 0 Å². The van der Waals surface area contributed by atoms with Crippen LogP contribution in [0.4, 0.5) is 0 Å². The Kier molecular flexibility index (Phi) is 8.29. The Hall–Kier alpha value is -1.40. The lowest BCUT2D eigenvalue weighted by Gasteiger charge is -2.32. The molecule has 0 aromatic heterocycles. The average Bonchev–Trinajstić information content (AvgIpc) is 3.22. The molecular weight excluding hydrogens is 372 g/mol. The van der Waals surface area contributed by atoms with Crippen LogP contribution in [0.5, 0.6) is 0 Å². The Balaban J connectivity index is 2.02. The number of carbonyl (C=O) groups excluding carboxylic acids is 2. The second-order valence-electron chi connectivity index (χ2n) is 9.05. The van der Waals surface area contributed by atoms with E-state index in [1.165, 1.54) is 0 Å². The number of carbonyl (C=O) groups is 2. The Bertz CT molecular complexity index is 544. The van der Waals surface area contributed by atoms with Crippen molar-refractivity contribution in [2.75, 3.05) is 13.2 Å². The molecule has 2 aliphatic rings. The molecule has 2 aliphatic carbocycles. The van der Waals surface area contributed by atoms with Crippen LogP contribution in [0.25, 0.3) is 0 Å². The van der Waals surface area contributed by atoms with Gasteiger partial charge in [0.25, 0.3) is 0 Å². The maximum atomic E-state index is 13.0. The highest BCUT2D eigenvalue weighted by atomic mass is 16.7. The molecule has 0 saturated heterocycles. The van der Waals surface area contributed by atoms with Gasteiger partial charge in [0.15, 0.2) is 0 Å². The highest BCUT2D eigenvalue weighted by Crippen LogP contribution is 2.49. The SMILES string of the molecule is CCCCOC(C)(C)OC(=O)C1C2C=CC(C2)C1C(=O)OC(C)(C)OCCCC. The van der Waals surface area contributed by atoms with Gasteiger partial charge in [-0.1, -0.05) is 38.8 Å². The fourth-order valence-electron chi connectivity index (χ4n) is 4.07. The van der Waals surface area contributed by atoms with Crippen LogP contribution in [0.2, 0.25) is 0 Å². The molecule has 4 atom stereocenters. The highest BCUT2D eigenvalue weighted by Gasteiger charge is 2.54. The predicted octanol–water partition coefficient (Wildman–Crippen LogP) is 4.62. The summed E-state index contributed by atoms with van der Waals surface area (Å²) in [5, 5.41) is 0. The van der Waals surface area contributed by atoms with Crippen molar-refractivity contribution in [1.29, 1.82) is 0 Å². The van der Waals surface area contributed by atoms with Crippen LogP contribution in [0.1, 0.15) is 73.6 Å². The zero-order valence-electron chi connectivity index (χ0n) is 18.9. The van der Waals surface area contributed by atoms with Gasteiger partial charge in [0.1, 0.15) is 0 Å². The minimum atomic E-state index is -1.02. The Morgan fingerprint density at radius 2 is 1.17 bits per heavy atom. The third kappa shape index (κ3) is 6.54. The van der Waals surface area contributed by atoms with Crippen molar-refractivity contribution >= 4 is 11.9 Å². The first-order chi connectivity index (χ1) is 13.6. The first-order valence-corrected chi connectivity index (χ1v) is 11.0. The normalized spacial score (nSPS) is 26.0. The number of hydrogen-bond acceptors (Lipinski definition) is 6. The van der Waals surface area contributed by atoms with Crippen LogP contribution >= 0.6 is 0 Å². The summed E-state index contributed by atoms with van der Waals surface area (Å²) >= 11 is 0. The van der Waals surface area contributed by atoms with Crippen molar-refractivity contribution in [3.05, 3.63) is 12.2 Å². The molecule has 1 saturated carbocycles. The van der Waals surface area contributed by atoms with E-state index in [9.17, 15) is 9.59 Å². The molecular formula is C23H38O6. The molecule has 6 heteroatoms. The molecule has 29 heavy (non-hydrogen) atoms. The van der Waals surface area contributed by atoms with E-state index in [4.69, 9.17) is 18.9 Å². The third-order valence-electron chi connectivity index (χ3n) is 5.59. The maximum absolute atomic E-state index is 13.0. The molecule has 2 rings (SSSR count). The topological polar surface area (TPSA) is 71.1 Å². The molecule has 6 nitrogen and oxygen atoms in total. The second kappa shape index (κ2) is 10.1. The average molecular weight is 411 g/mol. The molecule has 0 aromatic rings. The number of ether oxygens (including phenoxy) is 4. The van der Waals surface area contributed by atoms with Gasteiger partial charge in [0, 0.05) is 27.7 Å². The van der Waals surface area contributed by atoms with Crippen molar-refractivity contribution in [2.24, 2.45) is 23.7 Å². The summed E-state index contributed by atoms with van der Waals surface area (Å²) in [7, 11) is 0. The summed E-state index contributed by atoms with van der Waals surface area (Å²) in [4.78, 5) is 26.0. The summed E-state index contributed by atoms with van der Waals surface area (Å²) in [6.45, 7) is 12.2. The number of rotatable bonds is 12. The fourth-order valence-corrected chi connectivity index (χ4v) is 4.07. The maximum Gasteiger partial charge on any atom is 0.312 e. The van der Waals surface area contributed by atoms with E-state index in [1.807, 2.05) is 12.2 Å². The van der Waals surface area contributed by atoms with Crippen LogP contribution in [0, 0.1) is 23.7 Å². The van der Waals surface area contributed by atoms with Gasteiger partial charge in [0.2, 0.25) is 11.6 Å². The standard InChI is InChI=1S/C23H38O6/c1-7-9-13-26-22(3,4)28-20(24)18-16-11-12-17(15-16)19(18)21(25)29-23(5,6)27-14-10-8-2/h11-12,16-19H,7-10,13-15H2,1-6H3. The lowest BCUT2D eigenvalue weighted by atomic mass is 9.83. The first-order valence-electron chi connectivity index (χ1n) is 11.0. The first kappa shape index (κ1) is 23.9. The van der Waals surface area contributed by atoms with Gasteiger partial charge in [0.05, 0.1) is 25.0 Å². The number of allylic oxidation sites excluding steroid dienone is 2. The van der Waals surface area contributed by atoms with Crippen molar-refractivity contribution in [3.63, 3.8) is 0 Å². The van der Waals surface area contributed by atoms with E-state index in [0.29, 0.717) is 13.2 Å². The lowest BCUT2D eigenvalue weighted by molar-refractivity contribution is -0.230. The van der Waals surface area contributed by atoms with Gasteiger partial charge in [-0.2, -0.15) is 0 Å². The number of esters is 2. The third-order valence-corrected chi connectivity index (χ3v) is 5.59. The Morgan fingerprint density at radius 3 is 1.52 bits per heavy atom. The van der Waals surface area contributed by atoms with E-state index in [0.717, 1.165) is 32.1 Å². The van der Waals surface area contributed by atoms with Crippen LogP contribution in [0.15, 0.2) is 12.2 Å². The zero-order chi connectivity index (χ0) is 21.7. The summed E-state index contributed by atoms with van der Waals surface area (Å²) in [6.07, 6.45) is 8.63. The van der Waals surface area contributed by atoms with E-state index in [-0.39, 0.29) is 11.8 Å². The Labute approximate surface area is 175 Å². The van der Waals surface area contributed by atoms with Crippen molar-refractivity contribution in [3.8, 4) is 0 Å². The minimum Gasteiger partial charge on any atom is -0.433 e. The zero-order valence-corrected chi connectivity index (χ0v) is 18.9. The van der Waals surface area contributed by atoms with Gasteiger partial charge >= 0.3 is 11.9 Å². The van der Waals surface area contributed by atoms with E-state index >= 15 is 0 Å². The van der Waals surface area contributed by atoms with Crippen molar-refractivity contribution in [2.45, 2.75) is 85.2 Å². The monoisotopic (exact) mass is 410 g/mol. The predicted molar refractivity (Wildman–Crippen MR) is 110 cm³/mol. The Morgan fingerprint density at radius 1 is 0.793 bits per heavy atom. The van der Waals surface area contributed by atoms with Gasteiger partial charge in [-0.05, 0) is 31.1 Å². The lowest BCUT2D eigenvalue weighted by Crippen LogP contribution is -2.43. The minimum absolute atomic E-state index is 0.000568. The van der Waals surface area contributed by atoms with E-state index in [2.05, 4.69) is 13.8 Å². The van der Waals surface area contributed by atoms with Crippen LogP contribution in [-0.4, -0.2) is 36.7 Å². The van der Waals surface area contributed by atoms with E-state index < -0.39 is 35.3 Å². The van der Waals surface area contributed by atoms with Crippen molar-refractivity contribution in [1.82, 2.24) is 0 Å². The second-order valence-corrected chi connectivity index (χ2v) is 9.05. The molecule has 1 fully saturated rings. The number of hydrogen-bond donors (Lipinski definition) is 0. The summed E-state index contributed by atoms with van der Waals surface area (Å²) < 4.78 is 22.8. The molecule has 0 aromatic carbocycles. The molecule has 0 amide bonds. The molecule has 0 heterocycles. The quantitative estimate of drug-likeness (QED) is 0.202. The molecule has 2 bridgehead atoms. The van der Waals surface area contributed by atoms with E-state index in [1.54, 1.807) is 27.7 Å². The number of unbranched alkanes of at least 4 members (excludes halogenated alkanes) is 2. The molecule has 166 valence electrons. The molecule has 0 radical (unpaired) electrons. The smallest absolute Gasteiger partial charge is 0.312 e. The molecule has 0 N–H and O–H groups in total. The largest absolute Gasteiger partial charge is 0.433 e. The van der Waals surface area contributed by atoms with Gasteiger partial charge < -0.3 is 18.9 Å². The highest BCUT2D eigenvalue weighted by molar-refractivity contribution is 5.84. The number of fused-ring (bicyclic) bond motifs is 2. The summed E-state index contributed by atoms with van der Waals surface area (Å²) in [5.74, 6) is -3.91. The van der Waals surface area contributed by atoms with Crippen molar-refractivity contribution < 1.29 is 28.5 Å². The van der Waals surface area contributed by atoms with Crippen LogP contribution in [-0.2, 0) is 28.5 Å². The van der Waals surface area contributed by atoms with Gasteiger partial charge in [-0.25, -0.2) is 0 Å². The van der Waals surface area contributed by atoms with Gasteiger partial charge in [-0.3, -0.25) is 9.59 Å². The molecule has 0 aliphatic heterocycles. The fraction of sp³-hybridized carbons (Fsp3) is 0.826. The molecule has 0 spiro atoms. The van der Waals surface area contributed by atoms with Gasteiger partial charge in [-0.15, -0.1) is 0 Å². The summed E-state index contributed by atoms with van der Waals surface area (Å²) in [5.41, 5.74) is 0. The summed E-state index contributed by atoms with van der Waals surface area (Å²) in [6, 6.07) is 0.